The summed E-state index contributed by atoms with van der Waals surface area (Å²) in [7, 11) is 1.63. The van der Waals surface area contributed by atoms with E-state index >= 15 is 0 Å². The molecule has 0 saturated carbocycles. The molecule has 0 radical (unpaired) electrons. The van der Waals surface area contributed by atoms with Crippen molar-refractivity contribution in [3.05, 3.63) is 30.2 Å². The fourth-order valence-electron chi connectivity index (χ4n) is 1.62. The number of ether oxygens (including phenoxy) is 1. The Kier molecular flexibility index (Phi) is 4.96. The second-order valence-corrected chi connectivity index (χ2v) is 7.31. The molecule has 9 heteroatoms. The van der Waals surface area contributed by atoms with Crippen LogP contribution in [0.5, 0.6) is 5.75 Å². The molecule has 3 rings (SSSR count). The number of hydrogen-bond acceptors (Lipinski definition) is 9. The van der Waals surface area contributed by atoms with Crippen molar-refractivity contribution < 1.29 is 9.15 Å². The minimum atomic E-state index is 0.500. The quantitative estimate of drug-likeness (QED) is 0.623. The van der Waals surface area contributed by atoms with Gasteiger partial charge in [-0.2, -0.15) is 0 Å². The van der Waals surface area contributed by atoms with Crippen LogP contribution in [0, 0.1) is 0 Å². The summed E-state index contributed by atoms with van der Waals surface area (Å²) in [6.45, 7) is 0. The Morgan fingerprint density at radius 3 is 2.55 bits per heavy atom. The molecule has 0 aliphatic heterocycles. The molecule has 114 valence electrons. The van der Waals surface area contributed by atoms with Crippen LogP contribution in [0.3, 0.4) is 0 Å². The molecule has 0 spiro atoms. The molecule has 22 heavy (non-hydrogen) atoms. The van der Waals surface area contributed by atoms with E-state index in [1.165, 1.54) is 11.8 Å². The van der Waals surface area contributed by atoms with Gasteiger partial charge in [0.25, 0.3) is 0 Å². The summed E-state index contributed by atoms with van der Waals surface area (Å²) < 4.78 is 12.6. The minimum Gasteiger partial charge on any atom is -0.497 e. The van der Waals surface area contributed by atoms with Gasteiger partial charge in [0.05, 0.1) is 12.9 Å². The third-order valence-corrected chi connectivity index (χ3v) is 5.70. The maximum Gasteiger partial charge on any atom is 0.247 e. The molecule has 0 fully saturated rings. The van der Waals surface area contributed by atoms with Crippen LogP contribution >= 0.6 is 34.9 Å². The number of aromatic nitrogens is 4. The minimum absolute atomic E-state index is 0.500. The van der Waals surface area contributed by atoms with Crippen molar-refractivity contribution in [2.75, 3.05) is 13.4 Å². The molecule has 0 N–H and O–H groups in total. The van der Waals surface area contributed by atoms with Gasteiger partial charge in [-0.1, -0.05) is 34.9 Å². The van der Waals surface area contributed by atoms with Gasteiger partial charge in [0, 0.05) is 5.56 Å². The van der Waals surface area contributed by atoms with Crippen molar-refractivity contribution in [2.45, 2.75) is 14.4 Å². The summed E-state index contributed by atoms with van der Waals surface area (Å²) in [5, 5.41) is 16.3. The topological polar surface area (TPSA) is 73.9 Å². The zero-order valence-electron chi connectivity index (χ0n) is 11.8. The summed E-state index contributed by atoms with van der Waals surface area (Å²) in [5.41, 5.74) is 0.866. The van der Waals surface area contributed by atoms with E-state index in [-0.39, 0.29) is 0 Å². The van der Waals surface area contributed by atoms with E-state index in [9.17, 15) is 0 Å². The standard InChI is InChI=1S/C13H12N4O2S3/c1-18-9-5-3-8(4-6-9)11-15-14-10(19-11)7-21-13-17-16-12(20-2)22-13/h3-6H,7H2,1-2H3. The third kappa shape index (κ3) is 3.60. The first-order chi connectivity index (χ1) is 10.8. The van der Waals surface area contributed by atoms with Crippen molar-refractivity contribution in [1.29, 1.82) is 0 Å². The molecule has 0 atom stereocenters. The zero-order valence-corrected chi connectivity index (χ0v) is 14.3. The number of thioether (sulfide) groups is 2. The molecule has 0 aliphatic carbocycles. The molecular formula is C13H12N4O2S3. The maximum atomic E-state index is 5.67. The molecule has 3 aromatic rings. The first kappa shape index (κ1) is 15.3. The summed E-state index contributed by atoms with van der Waals surface area (Å²) in [6.07, 6.45) is 1.98. The number of nitrogens with zero attached hydrogens (tertiary/aromatic N) is 4. The van der Waals surface area contributed by atoms with Crippen LogP contribution in [0.1, 0.15) is 5.89 Å². The normalized spacial score (nSPS) is 10.8. The lowest BCUT2D eigenvalue weighted by atomic mass is 10.2. The van der Waals surface area contributed by atoms with Gasteiger partial charge in [-0.3, -0.25) is 0 Å². The Morgan fingerprint density at radius 2 is 1.86 bits per heavy atom. The fourth-order valence-corrected chi connectivity index (χ4v) is 3.90. The Hall–Kier alpha value is -1.58. The highest BCUT2D eigenvalue weighted by Gasteiger charge is 2.11. The van der Waals surface area contributed by atoms with Crippen molar-refractivity contribution in [1.82, 2.24) is 20.4 Å². The predicted octanol–water partition coefficient (Wildman–Crippen LogP) is 3.61. The molecule has 2 aromatic heterocycles. The van der Waals surface area contributed by atoms with E-state index in [1.54, 1.807) is 30.2 Å². The largest absolute Gasteiger partial charge is 0.497 e. The average molecular weight is 352 g/mol. The second-order valence-electron chi connectivity index (χ2n) is 4.06. The molecule has 2 heterocycles. The SMILES string of the molecule is COc1ccc(-c2nnc(CSc3nnc(SC)s3)o2)cc1. The van der Waals surface area contributed by atoms with Gasteiger partial charge in [0.15, 0.2) is 8.68 Å². The average Bonchev–Trinajstić information content (AvgIpc) is 3.22. The van der Waals surface area contributed by atoms with Crippen LogP contribution in [-0.2, 0) is 5.75 Å². The predicted molar refractivity (Wildman–Crippen MR) is 87.5 cm³/mol. The van der Waals surface area contributed by atoms with E-state index in [1.807, 2.05) is 30.5 Å². The molecule has 0 bridgehead atoms. The van der Waals surface area contributed by atoms with Gasteiger partial charge < -0.3 is 9.15 Å². The number of methoxy groups -OCH3 is 1. The lowest BCUT2D eigenvalue weighted by Gasteiger charge is -1.99. The van der Waals surface area contributed by atoms with Crippen LogP contribution in [0.15, 0.2) is 37.4 Å². The van der Waals surface area contributed by atoms with Crippen LogP contribution in [0.2, 0.25) is 0 Å². The first-order valence-electron chi connectivity index (χ1n) is 6.25. The second kappa shape index (κ2) is 7.12. The third-order valence-electron chi connectivity index (χ3n) is 2.69. The Morgan fingerprint density at radius 1 is 1.09 bits per heavy atom. The maximum absolute atomic E-state index is 5.67. The van der Waals surface area contributed by atoms with E-state index in [0.717, 1.165) is 20.0 Å². The Balaban J connectivity index is 1.65. The van der Waals surface area contributed by atoms with Gasteiger partial charge >= 0.3 is 0 Å². The van der Waals surface area contributed by atoms with Crippen LogP contribution < -0.4 is 4.74 Å². The Bertz CT molecular complexity index is 742. The molecular weight excluding hydrogens is 340 g/mol. The van der Waals surface area contributed by atoms with Gasteiger partial charge in [0.1, 0.15) is 5.75 Å². The number of rotatable bonds is 6. The molecule has 0 saturated heterocycles. The van der Waals surface area contributed by atoms with Crippen LogP contribution in [0.4, 0.5) is 0 Å². The van der Waals surface area contributed by atoms with Crippen LogP contribution in [-0.4, -0.2) is 33.8 Å². The molecule has 0 aliphatic rings. The molecule has 6 nitrogen and oxygen atoms in total. The highest BCUT2D eigenvalue weighted by Crippen LogP contribution is 2.30. The smallest absolute Gasteiger partial charge is 0.247 e. The van der Waals surface area contributed by atoms with E-state index in [2.05, 4.69) is 20.4 Å². The summed E-state index contributed by atoms with van der Waals surface area (Å²) in [4.78, 5) is 0. The lowest BCUT2D eigenvalue weighted by Crippen LogP contribution is -1.82. The van der Waals surface area contributed by atoms with Crippen molar-refractivity contribution in [3.63, 3.8) is 0 Å². The highest BCUT2D eigenvalue weighted by molar-refractivity contribution is 8.02. The highest BCUT2D eigenvalue weighted by atomic mass is 32.2. The monoisotopic (exact) mass is 352 g/mol. The van der Waals surface area contributed by atoms with E-state index in [4.69, 9.17) is 9.15 Å². The Labute approximate surface area is 139 Å². The van der Waals surface area contributed by atoms with E-state index < -0.39 is 0 Å². The number of benzene rings is 1. The van der Waals surface area contributed by atoms with E-state index in [0.29, 0.717) is 17.5 Å². The summed E-state index contributed by atoms with van der Waals surface area (Å²) >= 11 is 4.68. The molecule has 0 unspecified atom stereocenters. The van der Waals surface area contributed by atoms with Gasteiger partial charge in [0.2, 0.25) is 11.8 Å². The lowest BCUT2D eigenvalue weighted by molar-refractivity contribution is 0.415. The zero-order chi connectivity index (χ0) is 15.4. The van der Waals surface area contributed by atoms with Crippen molar-refractivity contribution >= 4 is 34.9 Å². The summed E-state index contributed by atoms with van der Waals surface area (Å²) in [6, 6.07) is 7.50. The van der Waals surface area contributed by atoms with Crippen molar-refractivity contribution in [3.8, 4) is 17.2 Å². The molecule has 0 amide bonds. The number of hydrogen-bond donors (Lipinski definition) is 0. The van der Waals surface area contributed by atoms with Crippen LogP contribution in [0.25, 0.3) is 11.5 Å². The first-order valence-corrected chi connectivity index (χ1v) is 9.28. The van der Waals surface area contributed by atoms with Gasteiger partial charge in [-0.05, 0) is 30.5 Å². The fraction of sp³-hybridized carbons (Fsp3) is 0.231. The van der Waals surface area contributed by atoms with Crippen molar-refractivity contribution in [2.24, 2.45) is 0 Å². The van der Waals surface area contributed by atoms with Gasteiger partial charge in [-0.15, -0.1) is 20.4 Å². The van der Waals surface area contributed by atoms with Gasteiger partial charge in [-0.25, -0.2) is 0 Å². The molecule has 1 aromatic carbocycles. The summed E-state index contributed by atoms with van der Waals surface area (Å²) in [5.74, 6) is 2.43.